The molecule has 4 fully saturated rings. The van der Waals surface area contributed by atoms with Crippen molar-refractivity contribution in [1.82, 2.24) is 0 Å². The molecule has 1 spiro atoms. The number of fused-ring (bicyclic) bond motifs is 1. The minimum absolute atomic E-state index is 0.0550. The number of carbonyl (C=O) groups excluding carboxylic acids is 2. The fourth-order valence-electron chi connectivity index (χ4n) is 8.76. The van der Waals surface area contributed by atoms with E-state index in [0.717, 1.165) is 38.5 Å². The molecule has 1 heterocycles. The van der Waals surface area contributed by atoms with Gasteiger partial charge in [0.25, 0.3) is 0 Å². The van der Waals surface area contributed by atoms with Gasteiger partial charge in [-0.25, -0.2) is 0 Å². The summed E-state index contributed by atoms with van der Waals surface area (Å²) < 4.78 is 5.20. The minimum Gasteiger partial charge on any atom is -0.481 e. The molecule has 6 rings (SSSR count). The van der Waals surface area contributed by atoms with E-state index in [9.17, 15) is 19.5 Å². The summed E-state index contributed by atoms with van der Waals surface area (Å²) in [7, 11) is 0. The van der Waals surface area contributed by atoms with E-state index in [1.54, 1.807) is 0 Å². The minimum atomic E-state index is -0.707. The number of rotatable bonds is 2. The van der Waals surface area contributed by atoms with Crippen LogP contribution in [0, 0.1) is 51.8 Å². The quantitative estimate of drug-likeness (QED) is 0.427. The Hall–Kier alpha value is -1.65. The van der Waals surface area contributed by atoms with Gasteiger partial charge in [0.05, 0.1) is 17.3 Å². The van der Waals surface area contributed by atoms with Crippen LogP contribution in [0.25, 0.3) is 0 Å². The first-order valence-corrected chi connectivity index (χ1v) is 11.3. The average Bonchev–Trinajstić information content (AvgIpc) is 2.97. The molecule has 1 saturated heterocycles. The van der Waals surface area contributed by atoms with Crippen LogP contribution < -0.4 is 0 Å². The molecule has 158 valence electrons. The lowest BCUT2D eigenvalue weighted by Gasteiger charge is -2.68. The van der Waals surface area contributed by atoms with E-state index >= 15 is 0 Å². The molecule has 6 aliphatic rings. The van der Waals surface area contributed by atoms with Crippen LogP contribution >= 0.6 is 0 Å². The summed E-state index contributed by atoms with van der Waals surface area (Å²) in [6.07, 6.45) is 7.48. The van der Waals surface area contributed by atoms with E-state index in [2.05, 4.69) is 26.8 Å². The fourth-order valence-corrected chi connectivity index (χ4v) is 8.76. The number of carboxylic acids is 1. The van der Waals surface area contributed by atoms with Crippen molar-refractivity contribution < 1.29 is 24.2 Å². The molecule has 2 bridgehead atoms. The predicted octanol–water partition coefficient (Wildman–Crippen LogP) is 4.21. The van der Waals surface area contributed by atoms with Gasteiger partial charge in [-0.15, -0.1) is 0 Å². The molecule has 8 atom stereocenters. The molecule has 0 aromatic heterocycles. The number of hydrogen-bond donors (Lipinski definition) is 1. The highest BCUT2D eigenvalue weighted by Crippen LogP contribution is 2.74. The Balaban J connectivity index is 1.67. The normalized spacial score (nSPS) is 50.5. The van der Waals surface area contributed by atoms with Crippen LogP contribution in [-0.2, 0) is 19.1 Å². The van der Waals surface area contributed by atoms with Crippen LogP contribution in [0.1, 0.15) is 66.2 Å². The van der Waals surface area contributed by atoms with E-state index in [1.807, 2.05) is 6.92 Å². The Morgan fingerprint density at radius 1 is 1.14 bits per heavy atom. The Kier molecular flexibility index (Phi) is 3.82. The van der Waals surface area contributed by atoms with Gasteiger partial charge in [0, 0.05) is 5.41 Å². The van der Waals surface area contributed by atoms with Crippen molar-refractivity contribution in [3.63, 3.8) is 0 Å². The highest BCUT2D eigenvalue weighted by Gasteiger charge is 2.73. The monoisotopic (exact) mass is 400 g/mol. The number of esters is 2. The first-order valence-electron chi connectivity index (χ1n) is 11.3. The summed E-state index contributed by atoms with van der Waals surface area (Å²) in [5.41, 5.74) is 0.122. The summed E-state index contributed by atoms with van der Waals surface area (Å²) >= 11 is 0. The molecule has 1 aliphatic heterocycles. The highest BCUT2D eigenvalue weighted by molar-refractivity contribution is 5.98. The molecule has 0 aromatic rings. The lowest BCUT2D eigenvalue weighted by atomic mass is 9.34. The summed E-state index contributed by atoms with van der Waals surface area (Å²) in [6, 6.07) is 0. The van der Waals surface area contributed by atoms with Crippen molar-refractivity contribution in [2.75, 3.05) is 0 Å². The molecule has 5 heteroatoms. The van der Waals surface area contributed by atoms with E-state index in [1.165, 1.54) is 5.57 Å². The summed E-state index contributed by atoms with van der Waals surface area (Å²) in [4.78, 5) is 37.8. The number of allylic oxidation sites excluding steroid dienone is 2. The van der Waals surface area contributed by atoms with Crippen LogP contribution in [0.2, 0.25) is 0 Å². The zero-order chi connectivity index (χ0) is 20.9. The summed E-state index contributed by atoms with van der Waals surface area (Å²) in [5.74, 6) is -1.33. The summed E-state index contributed by atoms with van der Waals surface area (Å²) in [6.45, 7) is 8.56. The van der Waals surface area contributed by atoms with Gasteiger partial charge in [0.2, 0.25) is 0 Å². The standard InChI is InChI=1S/C24H32O5/c1-12(2)14-11-24-9-6-15-22(3,7-5-8-23(15,4)21(27)28)16(24)10-13(14)17-18(24)20(26)29-19(17)25/h11-13,15-18H,5-10H2,1-4H3,(H,27,28)/t13-,15+,16-,17+,18-,22-,23+,24-/m0/s1. The van der Waals surface area contributed by atoms with Gasteiger partial charge in [-0.2, -0.15) is 0 Å². The Morgan fingerprint density at radius 3 is 2.52 bits per heavy atom. The van der Waals surface area contributed by atoms with Gasteiger partial charge in [-0.3, -0.25) is 14.4 Å². The first-order chi connectivity index (χ1) is 13.6. The molecule has 5 nitrogen and oxygen atoms in total. The molecule has 1 N–H and O–H groups in total. The topological polar surface area (TPSA) is 80.7 Å². The lowest BCUT2D eigenvalue weighted by Crippen LogP contribution is -2.65. The van der Waals surface area contributed by atoms with Crippen molar-refractivity contribution in [3.05, 3.63) is 11.6 Å². The van der Waals surface area contributed by atoms with Gasteiger partial charge < -0.3 is 9.84 Å². The second-order valence-electron chi connectivity index (χ2n) is 11.2. The Morgan fingerprint density at radius 2 is 1.86 bits per heavy atom. The third-order valence-corrected chi connectivity index (χ3v) is 9.89. The third kappa shape index (κ3) is 2.14. The van der Waals surface area contributed by atoms with Crippen molar-refractivity contribution in [2.24, 2.45) is 51.8 Å². The molecule has 29 heavy (non-hydrogen) atoms. The Bertz CT molecular complexity index is 842. The van der Waals surface area contributed by atoms with Gasteiger partial charge in [0.1, 0.15) is 0 Å². The van der Waals surface area contributed by atoms with E-state index in [0.29, 0.717) is 5.92 Å². The van der Waals surface area contributed by atoms with E-state index in [4.69, 9.17) is 4.74 Å². The zero-order valence-electron chi connectivity index (χ0n) is 17.9. The molecule has 0 unspecified atom stereocenters. The van der Waals surface area contributed by atoms with Gasteiger partial charge in [-0.1, -0.05) is 38.8 Å². The van der Waals surface area contributed by atoms with Gasteiger partial charge in [0.15, 0.2) is 0 Å². The molecule has 5 aliphatic carbocycles. The highest BCUT2D eigenvalue weighted by atomic mass is 16.6. The lowest BCUT2D eigenvalue weighted by molar-refractivity contribution is -0.195. The van der Waals surface area contributed by atoms with E-state index < -0.39 is 11.4 Å². The molecule has 0 aromatic carbocycles. The van der Waals surface area contributed by atoms with Crippen molar-refractivity contribution >= 4 is 17.9 Å². The zero-order valence-corrected chi connectivity index (χ0v) is 17.9. The molecular weight excluding hydrogens is 368 g/mol. The maximum absolute atomic E-state index is 12.9. The fraction of sp³-hybridized carbons (Fsp3) is 0.792. The average molecular weight is 401 g/mol. The number of ether oxygens (including phenoxy) is 1. The van der Waals surface area contributed by atoms with Crippen molar-refractivity contribution in [3.8, 4) is 0 Å². The third-order valence-electron chi connectivity index (χ3n) is 9.89. The number of carboxylic acid groups (broad SMARTS) is 1. The summed E-state index contributed by atoms with van der Waals surface area (Å²) in [5, 5.41) is 10.1. The van der Waals surface area contributed by atoms with Crippen LogP contribution in [0.4, 0.5) is 0 Å². The first kappa shape index (κ1) is 19.3. The number of carbonyl (C=O) groups is 3. The maximum atomic E-state index is 12.9. The Labute approximate surface area is 172 Å². The van der Waals surface area contributed by atoms with Gasteiger partial charge >= 0.3 is 17.9 Å². The second-order valence-corrected chi connectivity index (χ2v) is 11.2. The number of aliphatic carboxylic acids is 1. The maximum Gasteiger partial charge on any atom is 0.318 e. The van der Waals surface area contributed by atoms with Crippen molar-refractivity contribution in [1.29, 1.82) is 0 Å². The molecular formula is C24H32O5. The van der Waals surface area contributed by atoms with E-state index in [-0.39, 0.29) is 52.4 Å². The van der Waals surface area contributed by atoms with Gasteiger partial charge in [-0.05, 0) is 68.1 Å². The molecule has 0 amide bonds. The predicted molar refractivity (Wildman–Crippen MR) is 105 cm³/mol. The largest absolute Gasteiger partial charge is 0.481 e. The number of hydrogen-bond acceptors (Lipinski definition) is 4. The van der Waals surface area contributed by atoms with Crippen molar-refractivity contribution in [2.45, 2.75) is 66.2 Å². The van der Waals surface area contributed by atoms with Crippen LogP contribution in [0.3, 0.4) is 0 Å². The molecule has 3 saturated carbocycles. The van der Waals surface area contributed by atoms with Crippen LogP contribution in [0.15, 0.2) is 11.6 Å². The molecule has 0 radical (unpaired) electrons. The number of cyclic esters (lactones) is 2. The van der Waals surface area contributed by atoms with Crippen LogP contribution in [0.5, 0.6) is 0 Å². The smallest absolute Gasteiger partial charge is 0.318 e. The second kappa shape index (κ2) is 5.73. The SMILES string of the molecule is CC(C)C1=C[C@@]23CC[C@@H]4[C@](C)(CCC[C@@]4(C)C(=O)O)[C@@H]2C[C@@H]1[C@H]1C(=O)OC(=O)[C@H]13. The van der Waals surface area contributed by atoms with Crippen LogP contribution in [-0.4, -0.2) is 23.0 Å².